The highest BCUT2D eigenvalue weighted by molar-refractivity contribution is 7.84. The molecule has 0 fully saturated rings. The summed E-state index contributed by atoms with van der Waals surface area (Å²) in [5, 5.41) is 6.48. The molecule has 1 unspecified atom stereocenters. The zero-order chi connectivity index (χ0) is 17.2. The normalized spacial score (nSPS) is 12.7. The van der Waals surface area contributed by atoms with Crippen molar-refractivity contribution in [2.24, 2.45) is 4.99 Å². The Labute approximate surface area is 146 Å². The molecule has 0 aliphatic carbocycles. The lowest BCUT2D eigenvalue weighted by Gasteiger charge is -2.12. The van der Waals surface area contributed by atoms with Crippen LogP contribution in [0.15, 0.2) is 59.6 Å². The van der Waals surface area contributed by atoms with Gasteiger partial charge in [-0.1, -0.05) is 60.2 Å². The predicted molar refractivity (Wildman–Crippen MR) is 103 cm³/mol. The average Bonchev–Trinajstić information content (AvgIpc) is 2.60. The number of hydrogen-bond donors (Lipinski definition) is 2. The molecule has 2 rings (SSSR count). The zero-order valence-electron chi connectivity index (χ0n) is 14.3. The smallest absolute Gasteiger partial charge is 0.191 e. The molecule has 0 bridgehead atoms. The number of nitrogens with zero attached hydrogens (tertiary/aromatic N) is 1. The quantitative estimate of drug-likeness (QED) is 0.600. The van der Waals surface area contributed by atoms with Crippen LogP contribution in [0.3, 0.4) is 0 Å². The van der Waals surface area contributed by atoms with Crippen molar-refractivity contribution in [2.45, 2.75) is 19.2 Å². The summed E-state index contributed by atoms with van der Waals surface area (Å²) in [5.41, 5.74) is 3.57. The topological polar surface area (TPSA) is 53.5 Å². The molecule has 0 radical (unpaired) electrons. The maximum atomic E-state index is 12.1. The van der Waals surface area contributed by atoms with Gasteiger partial charge in [0.2, 0.25) is 0 Å². The van der Waals surface area contributed by atoms with Gasteiger partial charge in [-0.2, -0.15) is 0 Å². The van der Waals surface area contributed by atoms with Gasteiger partial charge in [0, 0.05) is 42.4 Å². The molecule has 0 saturated carbocycles. The van der Waals surface area contributed by atoms with Crippen LogP contribution < -0.4 is 10.6 Å². The molecule has 0 amide bonds. The van der Waals surface area contributed by atoms with E-state index in [0.29, 0.717) is 24.6 Å². The summed E-state index contributed by atoms with van der Waals surface area (Å²) in [6.45, 7) is 3.42. The molecule has 5 heteroatoms. The van der Waals surface area contributed by atoms with Crippen LogP contribution in [0, 0.1) is 6.92 Å². The van der Waals surface area contributed by atoms with Crippen LogP contribution in [0.25, 0.3) is 0 Å². The fourth-order valence-corrected chi connectivity index (χ4v) is 3.27. The first kappa shape index (κ1) is 18.2. The average molecular weight is 343 g/mol. The molecule has 0 aliphatic heterocycles. The van der Waals surface area contributed by atoms with Gasteiger partial charge in [-0.25, -0.2) is 0 Å². The summed E-state index contributed by atoms with van der Waals surface area (Å²) >= 11 is 0. The van der Waals surface area contributed by atoms with Gasteiger partial charge in [0.05, 0.1) is 0 Å². The van der Waals surface area contributed by atoms with Crippen molar-refractivity contribution < 1.29 is 4.21 Å². The minimum absolute atomic E-state index is 0.595. The first-order chi connectivity index (χ1) is 11.7. The fraction of sp³-hybridized carbons (Fsp3) is 0.316. The van der Waals surface area contributed by atoms with Crippen LogP contribution in [0.4, 0.5) is 0 Å². The molecular weight excluding hydrogens is 318 g/mol. The standard InChI is InChI=1S/C19H25N3OS/c1-16-8-10-17(11-9-16)14-22-19(20-2)21-12-13-24(23)15-18-6-4-3-5-7-18/h3-11H,12-15H2,1-2H3,(H2,20,21,22). The van der Waals surface area contributed by atoms with Crippen molar-refractivity contribution in [3.63, 3.8) is 0 Å². The van der Waals surface area contributed by atoms with E-state index in [9.17, 15) is 4.21 Å². The maximum absolute atomic E-state index is 12.1. The second-order valence-corrected chi connectivity index (χ2v) is 7.19. The first-order valence-corrected chi connectivity index (χ1v) is 9.55. The van der Waals surface area contributed by atoms with Gasteiger partial charge in [0.15, 0.2) is 5.96 Å². The molecule has 1 atom stereocenters. The van der Waals surface area contributed by atoms with Gasteiger partial charge in [-0.3, -0.25) is 9.20 Å². The van der Waals surface area contributed by atoms with Crippen LogP contribution in [-0.4, -0.2) is 29.5 Å². The Morgan fingerprint density at radius 1 is 1.00 bits per heavy atom. The number of aliphatic imine (C=N–C) groups is 1. The van der Waals surface area contributed by atoms with Crippen molar-refractivity contribution in [3.8, 4) is 0 Å². The van der Waals surface area contributed by atoms with Gasteiger partial charge in [-0.15, -0.1) is 0 Å². The van der Waals surface area contributed by atoms with E-state index in [1.165, 1.54) is 11.1 Å². The van der Waals surface area contributed by atoms with Gasteiger partial charge in [0.1, 0.15) is 0 Å². The largest absolute Gasteiger partial charge is 0.355 e. The highest BCUT2D eigenvalue weighted by atomic mass is 32.2. The van der Waals surface area contributed by atoms with Crippen molar-refractivity contribution in [2.75, 3.05) is 19.3 Å². The minimum atomic E-state index is -0.877. The monoisotopic (exact) mass is 343 g/mol. The summed E-state index contributed by atoms with van der Waals surface area (Å²) in [6.07, 6.45) is 0. The number of aryl methyl sites for hydroxylation is 1. The SMILES string of the molecule is CN=C(NCCS(=O)Cc1ccccc1)NCc1ccc(C)cc1. The molecule has 128 valence electrons. The Hall–Kier alpha value is -2.14. The second-order valence-electron chi connectivity index (χ2n) is 5.61. The number of rotatable bonds is 7. The molecule has 24 heavy (non-hydrogen) atoms. The van der Waals surface area contributed by atoms with Crippen LogP contribution in [0.1, 0.15) is 16.7 Å². The third-order valence-electron chi connectivity index (χ3n) is 3.60. The summed E-state index contributed by atoms with van der Waals surface area (Å²) in [7, 11) is 0.864. The van der Waals surface area contributed by atoms with E-state index in [4.69, 9.17) is 0 Å². The lowest BCUT2D eigenvalue weighted by Crippen LogP contribution is -2.38. The number of nitrogens with one attached hydrogen (secondary N) is 2. The molecule has 0 aliphatic rings. The molecule has 0 spiro atoms. The summed E-state index contributed by atoms with van der Waals surface area (Å²) in [6, 6.07) is 18.3. The number of guanidine groups is 1. The first-order valence-electron chi connectivity index (χ1n) is 8.06. The Morgan fingerprint density at radius 2 is 1.71 bits per heavy atom. The molecule has 2 aromatic carbocycles. The third-order valence-corrected chi connectivity index (χ3v) is 4.91. The van der Waals surface area contributed by atoms with E-state index in [-0.39, 0.29) is 0 Å². The summed E-state index contributed by atoms with van der Waals surface area (Å²) < 4.78 is 12.1. The minimum Gasteiger partial charge on any atom is -0.355 e. The molecular formula is C19H25N3OS. The zero-order valence-corrected chi connectivity index (χ0v) is 15.1. The fourth-order valence-electron chi connectivity index (χ4n) is 2.23. The van der Waals surface area contributed by atoms with E-state index >= 15 is 0 Å². The van der Waals surface area contributed by atoms with Crippen molar-refractivity contribution in [3.05, 3.63) is 71.3 Å². The van der Waals surface area contributed by atoms with E-state index in [1.807, 2.05) is 30.3 Å². The van der Waals surface area contributed by atoms with Gasteiger partial charge < -0.3 is 10.6 Å². The number of hydrogen-bond acceptors (Lipinski definition) is 2. The molecule has 0 aromatic heterocycles. The van der Waals surface area contributed by atoms with E-state index in [1.54, 1.807) is 7.05 Å². The highest BCUT2D eigenvalue weighted by Gasteiger charge is 2.03. The Balaban J connectivity index is 1.69. The van der Waals surface area contributed by atoms with Crippen LogP contribution in [-0.2, 0) is 23.1 Å². The second kappa shape index (κ2) is 9.88. The molecule has 2 aromatic rings. The highest BCUT2D eigenvalue weighted by Crippen LogP contribution is 2.03. The Kier molecular flexibility index (Phi) is 7.49. The molecule has 4 nitrogen and oxygen atoms in total. The van der Waals surface area contributed by atoms with Gasteiger partial charge in [0.25, 0.3) is 0 Å². The molecule has 0 saturated heterocycles. The maximum Gasteiger partial charge on any atom is 0.191 e. The van der Waals surface area contributed by atoms with Gasteiger partial charge >= 0.3 is 0 Å². The lowest BCUT2D eigenvalue weighted by molar-refractivity contribution is 0.680. The Morgan fingerprint density at radius 3 is 2.38 bits per heavy atom. The van der Waals surface area contributed by atoms with Crippen molar-refractivity contribution in [1.29, 1.82) is 0 Å². The predicted octanol–water partition coefficient (Wildman–Crippen LogP) is 2.61. The van der Waals surface area contributed by atoms with Crippen LogP contribution in [0.2, 0.25) is 0 Å². The Bertz CT molecular complexity index is 669. The third kappa shape index (κ3) is 6.54. The van der Waals surface area contributed by atoms with Gasteiger partial charge in [-0.05, 0) is 18.1 Å². The summed E-state index contributed by atoms with van der Waals surface area (Å²) in [4.78, 5) is 4.20. The molecule has 0 heterocycles. The van der Waals surface area contributed by atoms with E-state index < -0.39 is 10.8 Å². The van der Waals surface area contributed by atoms with Crippen LogP contribution >= 0.6 is 0 Å². The van der Waals surface area contributed by atoms with E-state index in [2.05, 4.69) is 46.8 Å². The van der Waals surface area contributed by atoms with Crippen LogP contribution in [0.5, 0.6) is 0 Å². The van der Waals surface area contributed by atoms with Crippen molar-refractivity contribution in [1.82, 2.24) is 10.6 Å². The lowest BCUT2D eigenvalue weighted by atomic mass is 10.1. The van der Waals surface area contributed by atoms with Crippen molar-refractivity contribution >= 4 is 16.8 Å². The molecule has 2 N–H and O–H groups in total. The number of benzene rings is 2. The summed E-state index contributed by atoms with van der Waals surface area (Å²) in [5.74, 6) is 1.92. The van der Waals surface area contributed by atoms with E-state index in [0.717, 1.165) is 11.5 Å².